The van der Waals surface area contributed by atoms with Crippen molar-refractivity contribution in [3.05, 3.63) is 34.4 Å². The normalized spacial score (nSPS) is 17.6. The highest BCUT2D eigenvalue weighted by atomic mass is 16.6. The number of nitro groups is 1. The Labute approximate surface area is 110 Å². The van der Waals surface area contributed by atoms with E-state index in [0.29, 0.717) is 13.1 Å². The quantitative estimate of drug-likeness (QED) is 0.614. The van der Waals surface area contributed by atoms with Crippen LogP contribution in [0.5, 0.6) is 0 Å². The van der Waals surface area contributed by atoms with Crippen molar-refractivity contribution in [2.75, 3.05) is 25.0 Å². The van der Waals surface area contributed by atoms with Gasteiger partial charge in [-0.3, -0.25) is 19.8 Å². The summed E-state index contributed by atoms with van der Waals surface area (Å²) in [5.74, 6) is -0.329. The molecule has 0 aromatic heterocycles. The first kappa shape index (κ1) is 13.4. The van der Waals surface area contributed by atoms with E-state index in [1.165, 1.54) is 12.1 Å². The number of amides is 1. The molecule has 7 heteroatoms. The molecule has 2 N–H and O–H groups in total. The highest BCUT2D eigenvalue weighted by molar-refractivity contribution is 5.94. The van der Waals surface area contributed by atoms with Gasteiger partial charge >= 0.3 is 0 Å². The first-order valence-electron chi connectivity index (χ1n) is 5.85. The van der Waals surface area contributed by atoms with Crippen LogP contribution in [0.4, 0.5) is 11.4 Å². The zero-order chi connectivity index (χ0) is 14.0. The van der Waals surface area contributed by atoms with Crippen LogP contribution in [-0.2, 0) is 4.79 Å². The molecular formula is C12H15N3O4. The Balaban J connectivity index is 1.94. The van der Waals surface area contributed by atoms with E-state index in [9.17, 15) is 20.0 Å². The van der Waals surface area contributed by atoms with Gasteiger partial charge in [0, 0.05) is 19.2 Å². The number of rotatable bonds is 4. The fourth-order valence-electron chi connectivity index (χ4n) is 2.16. The summed E-state index contributed by atoms with van der Waals surface area (Å²) in [5.41, 5.74) is -0.685. The Morgan fingerprint density at radius 2 is 2.16 bits per heavy atom. The number of hydrogen-bond donors (Lipinski definition) is 2. The van der Waals surface area contributed by atoms with Gasteiger partial charge < -0.3 is 10.4 Å². The Hall–Kier alpha value is -1.99. The van der Waals surface area contributed by atoms with E-state index < -0.39 is 10.5 Å². The summed E-state index contributed by atoms with van der Waals surface area (Å²) in [7, 11) is 0. The minimum atomic E-state index is -0.737. The van der Waals surface area contributed by atoms with Gasteiger partial charge in [0.1, 0.15) is 5.69 Å². The zero-order valence-corrected chi connectivity index (χ0v) is 10.5. The standard InChI is InChI=1S/C12H15N3O4/c1-12(17)7-14(8-12)6-11(16)13-9-4-2-3-5-10(9)15(18)19/h2-5,17H,6-8H2,1H3,(H,13,16). The molecule has 7 nitrogen and oxygen atoms in total. The number of anilines is 1. The third-order valence-corrected chi connectivity index (χ3v) is 2.87. The van der Waals surface area contributed by atoms with Crippen LogP contribution in [0.1, 0.15) is 6.92 Å². The lowest BCUT2D eigenvalue weighted by molar-refractivity contribution is -0.383. The molecule has 0 unspecified atom stereocenters. The van der Waals surface area contributed by atoms with Crippen LogP contribution in [0.25, 0.3) is 0 Å². The lowest BCUT2D eigenvalue weighted by Crippen LogP contribution is -2.61. The predicted octanol–water partition coefficient (Wildman–Crippen LogP) is 0.600. The first-order valence-corrected chi connectivity index (χ1v) is 5.85. The average molecular weight is 265 g/mol. The van der Waals surface area contributed by atoms with Crippen LogP contribution in [0.3, 0.4) is 0 Å². The minimum absolute atomic E-state index is 0.113. The fraction of sp³-hybridized carbons (Fsp3) is 0.417. The van der Waals surface area contributed by atoms with E-state index in [0.717, 1.165) is 0 Å². The maximum absolute atomic E-state index is 11.7. The zero-order valence-electron chi connectivity index (χ0n) is 10.5. The van der Waals surface area contributed by atoms with Crippen molar-refractivity contribution in [1.29, 1.82) is 0 Å². The number of nitrogens with one attached hydrogen (secondary N) is 1. The smallest absolute Gasteiger partial charge is 0.292 e. The van der Waals surface area contributed by atoms with Gasteiger partial charge in [-0.1, -0.05) is 12.1 Å². The topological polar surface area (TPSA) is 95.7 Å². The summed E-state index contributed by atoms with van der Waals surface area (Å²) in [6.45, 7) is 2.67. The molecule has 0 atom stereocenters. The number of benzene rings is 1. The van der Waals surface area contributed by atoms with E-state index in [1.54, 1.807) is 24.0 Å². The van der Waals surface area contributed by atoms with Crippen molar-refractivity contribution in [2.24, 2.45) is 0 Å². The number of nitro benzene ring substituents is 1. The number of hydrogen-bond acceptors (Lipinski definition) is 5. The van der Waals surface area contributed by atoms with Crippen LogP contribution >= 0.6 is 0 Å². The third-order valence-electron chi connectivity index (χ3n) is 2.87. The van der Waals surface area contributed by atoms with Crippen LogP contribution in [0.2, 0.25) is 0 Å². The van der Waals surface area contributed by atoms with Gasteiger partial charge in [-0.05, 0) is 13.0 Å². The average Bonchev–Trinajstić information content (AvgIpc) is 2.26. The summed E-state index contributed by atoms with van der Waals surface area (Å²) in [6.07, 6.45) is 0. The molecule has 1 aromatic rings. The van der Waals surface area contributed by atoms with E-state index in [1.807, 2.05) is 0 Å². The number of nitrogens with zero attached hydrogens (tertiary/aromatic N) is 2. The second-order valence-corrected chi connectivity index (χ2v) is 4.96. The molecule has 0 spiro atoms. The summed E-state index contributed by atoms with van der Waals surface area (Å²) in [4.78, 5) is 23.8. The summed E-state index contributed by atoms with van der Waals surface area (Å²) in [6, 6.07) is 5.99. The third kappa shape index (κ3) is 3.27. The molecule has 2 rings (SSSR count). The number of carbonyl (C=O) groups excluding carboxylic acids is 1. The fourth-order valence-corrected chi connectivity index (χ4v) is 2.16. The van der Waals surface area contributed by atoms with E-state index in [-0.39, 0.29) is 23.8 Å². The van der Waals surface area contributed by atoms with Gasteiger partial charge in [0.05, 0.1) is 17.1 Å². The number of para-hydroxylation sites is 2. The minimum Gasteiger partial charge on any atom is -0.388 e. The molecule has 1 amide bonds. The van der Waals surface area contributed by atoms with E-state index in [2.05, 4.69) is 5.32 Å². The van der Waals surface area contributed by atoms with Crippen molar-refractivity contribution in [3.63, 3.8) is 0 Å². The van der Waals surface area contributed by atoms with E-state index in [4.69, 9.17) is 0 Å². The maximum Gasteiger partial charge on any atom is 0.292 e. The molecule has 102 valence electrons. The molecule has 0 radical (unpaired) electrons. The Morgan fingerprint density at radius 1 is 1.53 bits per heavy atom. The van der Waals surface area contributed by atoms with Crippen LogP contribution < -0.4 is 5.32 Å². The van der Waals surface area contributed by atoms with Crippen LogP contribution in [0.15, 0.2) is 24.3 Å². The second-order valence-electron chi connectivity index (χ2n) is 4.96. The predicted molar refractivity (Wildman–Crippen MR) is 68.8 cm³/mol. The number of aliphatic hydroxyl groups is 1. The van der Waals surface area contributed by atoms with Crippen molar-refractivity contribution in [2.45, 2.75) is 12.5 Å². The summed E-state index contributed by atoms with van der Waals surface area (Å²) in [5, 5.41) is 22.8. The molecule has 19 heavy (non-hydrogen) atoms. The molecule has 1 saturated heterocycles. The number of carbonyl (C=O) groups is 1. The molecule has 1 heterocycles. The number of β-amino-alcohol motifs (C(OH)–C–C–N with tert-alkyl or cyclic N) is 1. The lowest BCUT2D eigenvalue weighted by atomic mass is 9.97. The molecular weight excluding hydrogens is 250 g/mol. The summed E-state index contributed by atoms with van der Waals surface area (Å²) >= 11 is 0. The Bertz CT molecular complexity index is 507. The van der Waals surface area contributed by atoms with E-state index >= 15 is 0 Å². The largest absolute Gasteiger partial charge is 0.388 e. The SMILES string of the molecule is CC1(O)CN(CC(=O)Nc2ccccc2[N+](=O)[O-])C1. The second kappa shape index (κ2) is 4.94. The molecule has 1 aromatic carbocycles. The van der Waals surface area contributed by atoms with Crippen molar-refractivity contribution in [1.82, 2.24) is 4.90 Å². The monoisotopic (exact) mass is 265 g/mol. The van der Waals surface area contributed by atoms with Gasteiger partial charge in [-0.25, -0.2) is 0 Å². The van der Waals surface area contributed by atoms with Gasteiger partial charge in [-0.2, -0.15) is 0 Å². The van der Waals surface area contributed by atoms with Gasteiger partial charge in [-0.15, -0.1) is 0 Å². The Morgan fingerprint density at radius 3 is 2.74 bits per heavy atom. The molecule has 0 aliphatic carbocycles. The first-order chi connectivity index (χ1) is 8.87. The molecule has 1 fully saturated rings. The van der Waals surface area contributed by atoms with Crippen LogP contribution in [-0.4, -0.2) is 46.1 Å². The molecule has 1 aliphatic rings. The molecule has 0 bridgehead atoms. The summed E-state index contributed by atoms with van der Waals surface area (Å²) < 4.78 is 0. The van der Waals surface area contributed by atoms with Crippen molar-refractivity contribution in [3.8, 4) is 0 Å². The van der Waals surface area contributed by atoms with Gasteiger partial charge in [0.2, 0.25) is 5.91 Å². The lowest BCUT2D eigenvalue weighted by Gasteiger charge is -2.43. The van der Waals surface area contributed by atoms with Gasteiger partial charge in [0.25, 0.3) is 5.69 Å². The molecule has 0 saturated carbocycles. The maximum atomic E-state index is 11.7. The molecule has 1 aliphatic heterocycles. The van der Waals surface area contributed by atoms with Gasteiger partial charge in [0.15, 0.2) is 0 Å². The van der Waals surface area contributed by atoms with Crippen molar-refractivity contribution < 1.29 is 14.8 Å². The highest BCUT2D eigenvalue weighted by Gasteiger charge is 2.37. The number of likely N-dealkylation sites (tertiary alicyclic amines) is 1. The van der Waals surface area contributed by atoms with Crippen molar-refractivity contribution >= 4 is 17.3 Å². The van der Waals surface area contributed by atoms with Crippen LogP contribution in [0, 0.1) is 10.1 Å². The Kier molecular flexibility index (Phi) is 3.50. The highest BCUT2D eigenvalue weighted by Crippen LogP contribution is 2.24.